The van der Waals surface area contributed by atoms with Crippen LogP contribution < -0.4 is 5.32 Å². The average molecular weight is 524 g/mol. The molecule has 0 aliphatic rings. The maximum atomic E-state index is 12.0. The second kappa shape index (κ2) is 20.4. The summed E-state index contributed by atoms with van der Waals surface area (Å²) in [7, 11) is -4.71. The number of hydrogen-bond donors (Lipinski definition) is 4. The van der Waals surface area contributed by atoms with E-state index in [1.165, 1.54) is 0 Å². The number of amides is 1. The SMILES string of the molecule is CCC/C=C\CCCCCCCC(=O)NC(COP(=O)(O)OCC(O)COC(=O)CCC)C(=O)O. The van der Waals surface area contributed by atoms with Crippen LogP contribution in [-0.2, 0) is 32.7 Å². The van der Waals surface area contributed by atoms with Crippen LogP contribution in [0.4, 0.5) is 0 Å². The Morgan fingerprint density at radius 1 is 0.886 bits per heavy atom. The van der Waals surface area contributed by atoms with E-state index in [-0.39, 0.29) is 12.8 Å². The van der Waals surface area contributed by atoms with E-state index >= 15 is 0 Å². The minimum Gasteiger partial charge on any atom is -0.480 e. The van der Waals surface area contributed by atoms with Crippen LogP contribution >= 0.6 is 7.82 Å². The fourth-order valence-electron chi connectivity index (χ4n) is 2.82. The van der Waals surface area contributed by atoms with Gasteiger partial charge in [0, 0.05) is 12.8 Å². The molecule has 0 rings (SSSR count). The van der Waals surface area contributed by atoms with Gasteiger partial charge in [-0.2, -0.15) is 0 Å². The Kier molecular flexibility index (Phi) is 19.4. The van der Waals surface area contributed by atoms with Gasteiger partial charge in [-0.25, -0.2) is 9.36 Å². The van der Waals surface area contributed by atoms with Crippen molar-refractivity contribution in [3.05, 3.63) is 12.2 Å². The van der Waals surface area contributed by atoms with Gasteiger partial charge in [0.25, 0.3) is 0 Å². The van der Waals surface area contributed by atoms with Gasteiger partial charge in [-0.05, 0) is 32.1 Å². The van der Waals surface area contributed by atoms with Gasteiger partial charge in [-0.15, -0.1) is 0 Å². The van der Waals surface area contributed by atoms with Crippen molar-refractivity contribution < 1.29 is 47.8 Å². The van der Waals surface area contributed by atoms with Gasteiger partial charge in [0.1, 0.15) is 12.7 Å². The number of esters is 1. The van der Waals surface area contributed by atoms with Gasteiger partial charge in [-0.1, -0.05) is 51.7 Å². The third-order valence-corrected chi connectivity index (χ3v) is 5.71. The minimum absolute atomic E-state index is 0.135. The number of ether oxygens (including phenoxy) is 1. The quantitative estimate of drug-likeness (QED) is 0.0713. The molecular weight excluding hydrogens is 481 g/mol. The molecular formula is C23H42NO10P. The number of carboxylic acids is 1. The number of rotatable bonds is 22. The first-order valence-electron chi connectivity index (χ1n) is 12.2. The number of unbranched alkanes of at least 4 members (excludes halogenated alkanes) is 6. The molecule has 11 nitrogen and oxygen atoms in total. The Bertz CT molecular complexity index is 685. The third-order valence-electron chi connectivity index (χ3n) is 4.76. The van der Waals surface area contributed by atoms with Crippen molar-refractivity contribution in [1.29, 1.82) is 0 Å². The van der Waals surface area contributed by atoms with E-state index in [2.05, 4.69) is 33.4 Å². The fourth-order valence-corrected chi connectivity index (χ4v) is 3.59. The lowest BCUT2D eigenvalue weighted by molar-refractivity contribution is -0.147. The molecule has 0 aliphatic heterocycles. The summed E-state index contributed by atoms with van der Waals surface area (Å²) in [5.74, 6) is -2.45. The predicted molar refractivity (Wildman–Crippen MR) is 130 cm³/mol. The molecule has 0 saturated carbocycles. The maximum Gasteiger partial charge on any atom is 0.472 e. The second-order valence-corrected chi connectivity index (χ2v) is 9.63. The largest absolute Gasteiger partial charge is 0.480 e. The Hall–Kier alpha value is -1.78. The summed E-state index contributed by atoms with van der Waals surface area (Å²) in [4.78, 5) is 44.3. The molecule has 0 saturated heterocycles. The summed E-state index contributed by atoms with van der Waals surface area (Å²) < 4.78 is 25.9. The predicted octanol–water partition coefficient (Wildman–Crippen LogP) is 3.48. The molecule has 0 aromatic rings. The number of aliphatic hydroxyl groups is 1. The molecule has 204 valence electrons. The van der Waals surface area contributed by atoms with Crippen LogP contribution in [0.15, 0.2) is 12.2 Å². The van der Waals surface area contributed by atoms with Crippen LogP contribution in [0, 0.1) is 0 Å². The normalized spacial score (nSPS) is 14.9. The highest BCUT2D eigenvalue weighted by Crippen LogP contribution is 2.43. The van der Waals surface area contributed by atoms with Crippen molar-refractivity contribution in [3.63, 3.8) is 0 Å². The maximum absolute atomic E-state index is 12.0. The number of carboxylic acid groups (broad SMARTS) is 1. The van der Waals surface area contributed by atoms with E-state index in [1.807, 2.05) is 0 Å². The van der Waals surface area contributed by atoms with Gasteiger partial charge < -0.3 is 25.2 Å². The smallest absolute Gasteiger partial charge is 0.472 e. The minimum atomic E-state index is -4.71. The standard InChI is InChI=1S/C23H42NO10P/c1-3-5-6-7-8-9-10-11-12-13-15-21(26)24-20(23(28)29)18-34-35(30,31)33-17-19(25)16-32-22(27)14-4-2/h6-7,19-20,25H,3-5,8-18H2,1-2H3,(H,24,26)(H,28,29)(H,30,31)/b7-6-. The van der Waals surface area contributed by atoms with Gasteiger partial charge in [0.05, 0.1) is 13.2 Å². The molecule has 0 aliphatic carbocycles. The lowest BCUT2D eigenvalue weighted by Crippen LogP contribution is -2.43. The number of aliphatic hydroxyl groups excluding tert-OH is 1. The summed E-state index contributed by atoms with van der Waals surface area (Å²) >= 11 is 0. The van der Waals surface area contributed by atoms with Crippen LogP contribution in [0.3, 0.4) is 0 Å². The highest BCUT2D eigenvalue weighted by molar-refractivity contribution is 7.47. The first-order valence-corrected chi connectivity index (χ1v) is 13.7. The molecule has 0 aromatic carbocycles. The Morgan fingerprint density at radius 2 is 1.51 bits per heavy atom. The summed E-state index contributed by atoms with van der Waals surface area (Å²) in [6, 6.07) is -1.54. The van der Waals surface area contributed by atoms with Gasteiger partial charge in [0.2, 0.25) is 5.91 Å². The molecule has 0 fully saturated rings. The number of aliphatic carboxylic acids is 1. The molecule has 3 atom stereocenters. The fraction of sp³-hybridized carbons (Fsp3) is 0.783. The molecule has 0 radical (unpaired) electrons. The van der Waals surface area contributed by atoms with Crippen LogP contribution in [0.2, 0.25) is 0 Å². The number of phosphoric ester groups is 1. The van der Waals surface area contributed by atoms with E-state index in [4.69, 9.17) is 4.74 Å². The lowest BCUT2D eigenvalue weighted by atomic mass is 10.1. The van der Waals surface area contributed by atoms with Crippen molar-refractivity contribution in [3.8, 4) is 0 Å². The van der Waals surface area contributed by atoms with Crippen LogP contribution in [0.1, 0.15) is 84.5 Å². The number of allylic oxidation sites excluding steroid dienone is 2. The van der Waals surface area contributed by atoms with Crippen LogP contribution in [0.5, 0.6) is 0 Å². The molecule has 12 heteroatoms. The van der Waals surface area contributed by atoms with Crippen molar-refractivity contribution in [2.45, 2.75) is 96.6 Å². The summed E-state index contributed by atoms with van der Waals surface area (Å²) in [6.45, 7) is 2.01. The Labute approximate surface area is 207 Å². The molecule has 0 aromatic heterocycles. The second-order valence-electron chi connectivity index (χ2n) is 8.17. The third kappa shape index (κ3) is 20.1. The molecule has 3 unspecified atom stereocenters. The van der Waals surface area contributed by atoms with E-state index in [1.54, 1.807) is 6.92 Å². The highest BCUT2D eigenvalue weighted by atomic mass is 31.2. The highest BCUT2D eigenvalue weighted by Gasteiger charge is 2.28. The first kappa shape index (κ1) is 33.2. The van der Waals surface area contributed by atoms with Crippen molar-refractivity contribution in [2.24, 2.45) is 0 Å². The van der Waals surface area contributed by atoms with Gasteiger partial charge in [0.15, 0.2) is 6.04 Å². The number of nitrogens with one attached hydrogen (secondary N) is 1. The molecule has 1 amide bonds. The number of hydrogen-bond acceptors (Lipinski definition) is 8. The monoisotopic (exact) mass is 523 g/mol. The van der Waals surface area contributed by atoms with E-state index in [0.717, 1.165) is 44.9 Å². The number of carbonyl (C=O) groups excluding carboxylic acids is 2. The molecule has 0 heterocycles. The van der Waals surface area contributed by atoms with E-state index in [9.17, 15) is 34.1 Å². The van der Waals surface area contributed by atoms with E-state index in [0.29, 0.717) is 12.8 Å². The van der Waals surface area contributed by atoms with Gasteiger partial charge >= 0.3 is 19.8 Å². The molecule has 4 N–H and O–H groups in total. The van der Waals surface area contributed by atoms with Crippen molar-refractivity contribution in [2.75, 3.05) is 19.8 Å². The topological polar surface area (TPSA) is 169 Å². The zero-order chi connectivity index (χ0) is 26.5. The molecule has 0 spiro atoms. The van der Waals surface area contributed by atoms with Crippen molar-refractivity contribution >= 4 is 25.7 Å². The average Bonchev–Trinajstić information content (AvgIpc) is 2.80. The van der Waals surface area contributed by atoms with Crippen LogP contribution in [-0.4, -0.2) is 64.9 Å². The molecule has 0 bridgehead atoms. The van der Waals surface area contributed by atoms with E-state index < -0.39 is 57.6 Å². The number of carbonyl (C=O) groups is 3. The van der Waals surface area contributed by atoms with Gasteiger partial charge in [-0.3, -0.25) is 18.6 Å². The Balaban J connectivity index is 4.16. The van der Waals surface area contributed by atoms with Crippen LogP contribution in [0.25, 0.3) is 0 Å². The van der Waals surface area contributed by atoms with Crippen molar-refractivity contribution in [1.82, 2.24) is 5.32 Å². The number of phosphoric acid groups is 1. The lowest BCUT2D eigenvalue weighted by Gasteiger charge is -2.18. The Morgan fingerprint density at radius 3 is 2.17 bits per heavy atom. The zero-order valence-corrected chi connectivity index (χ0v) is 21.7. The first-order chi connectivity index (χ1) is 16.6. The summed E-state index contributed by atoms with van der Waals surface area (Å²) in [5.41, 5.74) is 0. The summed E-state index contributed by atoms with van der Waals surface area (Å²) in [6.07, 6.45) is 11.8. The summed E-state index contributed by atoms with van der Waals surface area (Å²) in [5, 5.41) is 21.2. The zero-order valence-electron chi connectivity index (χ0n) is 20.9. The molecule has 35 heavy (non-hydrogen) atoms.